The maximum atomic E-state index is 13.5. The monoisotopic (exact) mass is 318 g/mol. The fourth-order valence-electron chi connectivity index (χ4n) is 1.62. The lowest BCUT2D eigenvalue weighted by Crippen LogP contribution is -2.24. The zero-order valence-corrected chi connectivity index (χ0v) is 11.6. The highest BCUT2D eigenvalue weighted by Gasteiger charge is 2.19. The van der Waals surface area contributed by atoms with Crippen LogP contribution in [0.1, 0.15) is 5.56 Å². The van der Waals surface area contributed by atoms with Gasteiger partial charge in [0.1, 0.15) is 0 Å². The van der Waals surface area contributed by atoms with Crippen LogP contribution < -0.4 is 10.6 Å². The smallest absolute Gasteiger partial charge is 0.171 e. The summed E-state index contributed by atoms with van der Waals surface area (Å²) < 4.78 is 54.4. The maximum absolute atomic E-state index is 13.5. The Balaban J connectivity index is 2.25. The Morgan fingerprint density at radius 3 is 2.43 bits per heavy atom. The zero-order valence-electron chi connectivity index (χ0n) is 10.8. The van der Waals surface area contributed by atoms with Crippen molar-refractivity contribution in [2.45, 2.75) is 6.54 Å². The maximum Gasteiger partial charge on any atom is 0.171 e. The van der Waals surface area contributed by atoms with Gasteiger partial charge >= 0.3 is 0 Å². The molecule has 0 radical (unpaired) electrons. The minimum Gasteiger partial charge on any atom is -0.365 e. The summed E-state index contributed by atoms with van der Waals surface area (Å²) in [5.41, 5.74) is -0.738. The second-order valence-corrected chi connectivity index (χ2v) is 4.46. The molecule has 0 saturated heterocycles. The summed E-state index contributed by atoms with van der Waals surface area (Å²) in [4.78, 5) is 0. The molecule has 0 aliphatic carbocycles. The third kappa shape index (κ3) is 3.30. The van der Waals surface area contributed by atoms with Gasteiger partial charge in [0, 0.05) is 25.4 Å². The summed E-state index contributed by atoms with van der Waals surface area (Å²) in [7, 11) is 1.60. The number of thiocarbonyl (C=S) groups is 1. The number of halogens is 4. The Morgan fingerprint density at radius 1 is 1.24 bits per heavy atom. The number of rotatable bonds is 3. The third-order valence-corrected chi connectivity index (χ3v) is 2.94. The van der Waals surface area contributed by atoms with Crippen LogP contribution in [0.15, 0.2) is 18.3 Å². The molecule has 0 saturated carbocycles. The van der Waals surface area contributed by atoms with Gasteiger partial charge in [-0.1, -0.05) is 0 Å². The molecule has 1 aromatic carbocycles. The van der Waals surface area contributed by atoms with Gasteiger partial charge in [0.25, 0.3) is 0 Å². The van der Waals surface area contributed by atoms with Gasteiger partial charge in [0.15, 0.2) is 34.2 Å². The third-order valence-electron chi connectivity index (χ3n) is 2.63. The molecule has 0 fully saturated rings. The molecule has 0 aliphatic rings. The van der Waals surface area contributed by atoms with Gasteiger partial charge in [-0.25, -0.2) is 17.6 Å². The molecule has 0 unspecified atom stereocenters. The molecule has 0 aliphatic heterocycles. The standard InChI is InChI=1S/C12H10F4N4S/c1-17-12(21)18-9-2-3-20(19-9)5-6-10(15)7(13)4-8(14)11(6)16/h2-4H,5H2,1H3,(H2,17,18,19,21). The summed E-state index contributed by atoms with van der Waals surface area (Å²) in [5, 5.41) is 9.60. The minimum absolute atomic E-state index is 0.162. The van der Waals surface area contributed by atoms with Gasteiger partial charge < -0.3 is 10.6 Å². The van der Waals surface area contributed by atoms with Gasteiger partial charge in [-0.3, -0.25) is 4.68 Å². The summed E-state index contributed by atoms with van der Waals surface area (Å²) in [5.74, 6) is -5.46. The predicted octanol–water partition coefficient (Wildman–Crippen LogP) is 2.40. The predicted molar refractivity (Wildman–Crippen MR) is 72.9 cm³/mol. The second-order valence-electron chi connectivity index (χ2n) is 4.05. The molecular formula is C12H10F4N4S. The van der Waals surface area contributed by atoms with Crippen LogP contribution in [0, 0.1) is 23.3 Å². The van der Waals surface area contributed by atoms with Crippen LogP contribution in [0.4, 0.5) is 23.4 Å². The Hall–Kier alpha value is -2.16. The van der Waals surface area contributed by atoms with Crippen molar-refractivity contribution in [3.8, 4) is 0 Å². The molecule has 4 nitrogen and oxygen atoms in total. The first-order chi connectivity index (χ1) is 9.92. The number of hydrogen-bond acceptors (Lipinski definition) is 2. The fourth-order valence-corrected chi connectivity index (χ4v) is 1.72. The lowest BCUT2D eigenvalue weighted by Gasteiger charge is -2.07. The number of nitrogens with zero attached hydrogens (tertiary/aromatic N) is 2. The number of benzene rings is 1. The highest BCUT2D eigenvalue weighted by molar-refractivity contribution is 7.80. The molecule has 0 atom stereocenters. The Labute approximate surface area is 122 Å². The van der Waals surface area contributed by atoms with E-state index >= 15 is 0 Å². The van der Waals surface area contributed by atoms with Gasteiger partial charge in [0.2, 0.25) is 0 Å². The topological polar surface area (TPSA) is 41.9 Å². The van der Waals surface area contributed by atoms with Crippen LogP contribution in [0.25, 0.3) is 0 Å². The van der Waals surface area contributed by atoms with Crippen molar-refractivity contribution in [2.24, 2.45) is 0 Å². The van der Waals surface area contributed by atoms with Crippen LogP contribution in [0.2, 0.25) is 0 Å². The number of anilines is 1. The van der Waals surface area contributed by atoms with Crippen molar-refractivity contribution in [1.29, 1.82) is 0 Å². The SMILES string of the molecule is CNC(=S)Nc1ccn(Cc2c(F)c(F)cc(F)c2F)n1. The molecule has 1 aromatic heterocycles. The quantitative estimate of drug-likeness (QED) is 0.518. The molecule has 2 rings (SSSR count). The molecular weight excluding hydrogens is 308 g/mol. The number of aromatic nitrogens is 2. The van der Waals surface area contributed by atoms with E-state index in [2.05, 4.69) is 15.7 Å². The van der Waals surface area contributed by atoms with Crippen LogP contribution in [0.3, 0.4) is 0 Å². The minimum atomic E-state index is -1.45. The first kappa shape index (κ1) is 15.2. The Bertz CT molecular complexity index is 660. The van der Waals surface area contributed by atoms with Crippen LogP contribution in [0.5, 0.6) is 0 Å². The van der Waals surface area contributed by atoms with Crippen molar-refractivity contribution in [2.75, 3.05) is 12.4 Å². The molecule has 2 N–H and O–H groups in total. The summed E-state index contributed by atoms with van der Waals surface area (Å²) in [6.45, 7) is -0.458. The van der Waals surface area contributed by atoms with E-state index in [9.17, 15) is 17.6 Å². The molecule has 0 amide bonds. The van der Waals surface area contributed by atoms with Gasteiger partial charge in [-0.2, -0.15) is 5.10 Å². The lowest BCUT2D eigenvalue weighted by molar-refractivity contribution is 0.431. The van der Waals surface area contributed by atoms with E-state index in [-0.39, 0.29) is 6.07 Å². The Morgan fingerprint density at radius 2 is 1.86 bits per heavy atom. The van der Waals surface area contributed by atoms with Gasteiger partial charge in [-0.05, 0) is 12.2 Å². The largest absolute Gasteiger partial charge is 0.365 e. The summed E-state index contributed by atoms with van der Waals surface area (Å²) in [6.07, 6.45) is 1.39. The van der Waals surface area contributed by atoms with Crippen molar-refractivity contribution in [3.63, 3.8) is 0 Å². The van der Waals surface area contributed by atoms with Crippen molar-refractivity contribution in [1.82, 2.24) is 15.1 Å². The van der Waals surface area contributed by atoms with Crippen LogP contribution in [-0.2, 0) is 6.54 Å². The molecule has 112 valence electrons. The highest BCUT2D eigenvalue weighted by Crippen LogP contribution is 2.20. The van der Waals surface area contributed by atoms with Gasteiger partial charge in [0.05, 0.1) is 12.1 Å². The van der Waals surface area contributed by atoms with E-state index in [1.807, 2.05) is 0 Å². The molecule has 0 spiro atoms. The first-order valence-electron chi connectivity index (χ1n) is 5.76. The number of hydrogen-bond donors (Lipinski definition) is 2. The van der Waals surface area contributed by atoms with E-state index in [4.69, 9.17) is 12.2 Å². The summed E-state index contributed by atoms with van der Waals surface area (Å²) >= 11 is 4.86. The average Bonchev–Trinajstić information content (AvgIpc) is 2.88. The van der Waals surface area contributed by atoms with Crippen molar-refractivity contribution < 1.29 is 17.6 Å². The van der Waals surface area contributed by atoms with Crippen molar-refractivity contribution >= 4 is 23.1 Å². The van der Waals surface area contributed by atoms with Gasteiger partial charge in [-0.15, -0.1) is 0 Å². The summed E-state index contributed by atoms with van der Waals surface area (Å²) in [6, 6.07) is 1.66. The van der Waals surface area contributed by atoms with E-state index < -0.39 is 35.4 Å². The average molecular weight is 318 g/mol. The molecule has 2 aromatic rings. The molecule has 1 heterocycles. The lowest BCUT2D eigenvalue weighted by atomic mass is 10.2. The first-order valence-corrected chi connectivity index (χ1v) is 6.17. The number of nitrogens with one attached hydrogen (secondary N) is 2. The fraction of sp³-hybridized carbons (Fsp3) is 0.167. The highest BCUT2D eigenvalue weighted by atomic mass is 32.1. The zero-order chi connectivity index (χ0) is 15.6. The second kappa shape index (κ2) is 6.08. The van der Waals surface area contributed by atoms with E-state index in [1.54, 1.807) is 7.05 Å². The van der Waals surface area contributed by atoms with E-state index in [1.165, 1.54) is 12.3 Å². The normalized spacial score (nSPS) is 10.5. The molecule has 21 heavy (non-hydrogen) atoms. The van der Waals surface area contributed by atoms with E-state index in [0.29, 0.717) is 10.9 Å². The Kier molecular flexibility index (Phi) is 4.41. The van der Waals surface area contributed by atoms with Crippen LogP contribution >= 0.6 is 12.2 Å². The molecule has 9 heteroatoms. The molecule has 0 bridgehead atoms. The van der Waals surface area contributed by atoms with Crippen LogP contribution in [-0.4, -0.2) is 21.9 Å². The van der Waals surface area contributed by atoms with E-state index in [0.717, 1.165) is 4.68 Å². The van der Waals surface area contributed by atoms with Crippen molar-refractivity contribution in [3.05, 3.63) is 47.2 Å².